The molecule has 5 rings (SSSR count). The van der Waals surface area contributed by atoms with E-state index in [1.807, 2.05) is 36.4 Å². The maximum atomic E-state index is 12.8. The van der Waals surface area contributed by atoms with Crippen LogP contribution in [-0.2, 0) is 6.54 Å². The summed E-state index contributed by atoms with van der Waals surface area (Å²) in [6, 6.07) is 20.8. The van der Waals surface area contributed by atoms with Crippen LogP contribution >= 0.6 is 11.3 Å². The van der Waals surface area contributed by atoms with Gasteiger partial charge in [0.1, 0.15) is 10.7 Å². The van der Waals surface area contributed by atoms with Gasteiger partial charge in [0, 0.05) is 37.3 Å². The van der Waals surface area contributed by atoms with E-state index < -0.39 is 0 Å². The Morgan fingerprint density at radius 3 is 2.62 bits per heavy atom. The first kappa shape index (κ1) is 20.6. The van der Waals surface area contributed by atoms with Gasteiger partial charge < -0.3 is 10.6 Å². The molecule has 162 valence electrons. The molecule has 0 unspecified atom stereocenters. The Morgan fingerprint density at radius 2 is 1.78 bits per heavy atom. The summed E-state index contributed by atoms with van der Waals surface area (Å²) in [6.45, 7) is 2.94. The number of carbonyl (C=O) groups excluding carboxylic acids is 1. The van der Waals surface area contributed by atoms with Crippen LogP contribution in [0.25, 0.3) is 10.8 Å². The number of likely N-dealkylation sites (tertiary alicyclic amines) is 1. The van der Waals surface area contributed by atoms with E-state index in [1.54, 1.807) is 12.4 Å². The van der Waals surface area contributed by atoms with Crippen molar-refractivity contribution in [2.45, 2.75) is 25.4 Å². The molecule has 0 radical (unpaired) electrons. The fraction of sp³-hybridized carbons (Fsp3) is 0.240. The van der Waals surface area contributed by atoms with Crippen LogP contribution < -0.4 is 10.6 Å². The Kier molecular flexibility index (Phi) is 6.09. The van der Waals surface area contributed by atoms with Crippen molar-refractivity contribution in [1.29, 1.82) is 0 Å². The number of benzene rings is 2. The van der Waals surface area contributed by atoms with E-state index in [4.69, 9.17) is 0 Å². The zero-order valence-corrected chi connectivity index (χ0v) is 18.5. The molecule has 1 aliphatic rings. The molecule has 1 aliphatic heterocycles. The average molecular weight is 444 g/mol. The number of pyridine rings is 1. The molecule has 0 spiro atoms. The van der Waals surface area contributed by atoms with Crippen molar-refractivity contribution in [3.05, 3.63) is 83.5 Å². The van der Waals surface area contributed by atoms with E-state index in [1.165, 1.54) is 16.9 Å². The molecule has 1 fully saturated rings. The van der Waals surface area contributed by atoms with Crippen LogP contribution in [0.4, 0.5) is 10.9 Å². The van der Waals surface area contributed by atoms with Crippen LogP contribution in [0.5, 0.6) is 0 Å². The third kappa shape index (κ3) is 4.79. The van der Waals surface area contributed by atoms with Crippen LogP contribution in [0.2, 0.25) is 0 Å². The number of thiazole rings is 1. The topological polar surface area (TPSA) is 70.2 Å². The number of nitrogens with zero attached hydrogens (tertiary/aromatic N) is 3. The summed E-state index contributed by atoms with van der Waals surface area (Å²) in [5.74, 6) is 0.693. The van der Waals surface area contributed by atoms with Gasteiger partial charge in [-0.15, -0.1) is 0 Å². The Labute approximate surface area is 191 Å². The fourth-order valence-corrected chi connectivity index (χ4v) is 4.81. The lowest BCUT2D eigenvalue weighted by Crippen LogP contribution is -2.44. The maximum Gasteiger partial charge on any atom is 0.263 e. The molecule has 7 heteroatoms. The van der Waals surface area contributed by atoms with Gasteiger partial charge in [0.25, 0.3) is 5.91 Å². The molecule has 0 atom stereocenters. The molecule has 0 aliphatic carbocycles. The summed E-state index contributed by atoms with van der Waals surface area (Å²) in [4.78, 5) is 24.7. The van der Waals surface area contributed by atoms with Gasteiger partial charge >= 0.3 is 0 Å². The van der Waals surface area contributed by atoms with Crippen molar-refractivity contribution in [3.63, 3.8) is 0 Å². The van der Waals surface area contributed by atoms with Gasteiger partial charge in [0.05, 0.1) is 6.20 Å². The van der Waals surface area contributed by atoms with Crippen molar-refractivity contribution in [2.24, 2.45) is 0 Å². The molecule has 0 saturated carbocycles. The molecule has 2 N–H and O–H groups in total. The molecular weight excluding hydrogens is 418 g/mol. The summed E-state index contributed by atoms with van der Waals surface area (Å²) in [7, 11) is 0. The Morgan fingerprint density at radius 1 is 1.00 bits per heavy atom. The number of hydrogen-bond acceptors (Lipinski definition) is 6. The second-order valence-electron chi connectivity index (χ2n) is 8.04. The Bertz CT molecular complexity index is 1200. The Hall–Kier alpha value is -3.29. The summed E-state index contributed by atoms with van der Waals surface area (Å²) in [5, 5.41) is 9.25. The molecule has 4 aromatic rings. The lowest BCUT2D eigenvalue weighted by Gasteiger charge is -2.32. The second kappa shape index (κ2) is 9.46. The van der Waals surface area contributed by atoms with Crippen molar-refractivity contribution in [2.75, 3.05) is 18.4 Å². The highest BCUT2D eigenvalue weighted by Gasteiger charge is 2.22. The number of nitrogens with one attached hydrogen (secondary N) is 2. The van der Waals surface area contributed by atoms with E-state index in [0.717, 1.165) is 49.1 Å². The third-order valence-electron chi connectivity index (χ3n) is 5.80. The van der Waals surface area contributed by atoms with Crippen molar-refractivity contribution in [3.8, 4) is 0 Å². The minimum atomic E-state index is -0.0528. The Balaban J connectivity index is 1.16. The normalized spacial score (nSPS) is 15.0. The number of piperidine rings is 1. The molecule has 2 aromatic carbocycles. The monoisotopic (exact) mass is 443 g/mol. The van der Waals surface area contributed by atoms with Gasteiger partial charge in [-0.1, -0.05) is 65.9 Å². The van der Waals surface area contributed by atoms with E-state index in [0.29, 0.717) is 10.0 Å². The molecule has 1 amide bonds. The summed E-state index contributed by atoms with van der Waals surface area (Å²) in [5.41, 5.74) is 1.33. The highest BCUT2D eigenvalue weighted by Crippen LogP contribution is 2.27. The fourth-order valence-electron chi connectivity index (χ4n) is 4.09. The number of anilines is 2. The van der Waals surface area contributed by atoms with Crippen LogP contribution in [0.15, 0.2) is 73.1 Å². The van der Waals surface area contributed by atoms with Gasteiger partial charge in [0.2, 0.25) is 0 Å². The van der Waals surface area contributed by atoms with Gasteiger partial charge in [-0.25, -0.2) is 9.97 Å². The predicted molar refractivity (Wildman–Crippen MR) is 129 cm³/mol. The van der Waals surface area contributed by atoms with Gasteiger partial charge in [-0.05, 0) is 29.9 Å². The molecule has 6 nitrogen and oxygen atoms in total. The number of hydrogen-bond donors (Lipinski definition) is 2. The minimum absolute atomic E-state index is 0.0528. The highest BCUT2D eigenvalue weighted by molar-refractivity contribution is 7.17. The molecule has 2 aromatic heterocycles. The van der Waals surface area contributed by atoms with Crippen LogP contribution in [-0.4, -0.2) is 39.9 Å². The third-order valence-corrected chi connectivity index (χ3v) is 6.71. The standard InChI is InChI=1S/C25H25N5OS/c31-24(28-20-11-14-30(15-12-20)17-18-6-2-1-3-7-18)22-16-27-25(32-22)29-23-21-9-5-4-8-19(21)10-13-26-23/h1-10,13,16,20H,11-12,14-15,17H2,(H,28,31)(H,26,27,29). The summed E-state index contributed by atoms with van der Waals surface area (Å²) < 4.78 is 0. The molecule has 3 heterocycles. The van der Waals surface area contributed by atoms with Crippen LogP contribution in [0.3, 0.4) is 0 Å². The quantitative estimate of drug-likeness (QED) is 0.447. The van der Waals surface area contributed by atoms with Gasteiger partial charge in [0.15, 0.2) is 5.13 Å². The lowest BCUT2D eigenvalue weighted by molar-refractivity contribution is 0.0913. The molecule has 1 saturated heterocycles. The van der Waals surface area contributed by atoms with Gasteiger partial charge in [-0.2, -0.15) is 0 Å². The maximum absolute atomic E-state index is 12.8. The predicted octanol–water partition coefficient (Wildman–Crippen LogP) is 4.83. The largest absolute Gasteiger partial charge is 0.348 e. The molecule has 0 bridgehead atoms. The second-order valence-corrected chi connectivity index (χ2v) is 9.08. The average Bonchev–Trinajstić information content (AvgIpc) is 3.30. The van der Waals surface area contributed by atoms with Crippen LogP contribution in [0.1, 0.15) is 28.1 Å². The minimum Gasteiger partial charge on any atom is -0.348 e. The highest BCUT2D eigenvalue weighted by atomic mass is 32.1. The number of carbonyl (C=O) groups is 1. The first-order valence-corrected chi connectivity index (χ1v) is 11.7. The van der Waals surface area contributed by atoms with E-state index in [-0.39, 0.29) is 11.9 Å². The number of aromatic nitrogens is 2. The summed E-state index contributed by atoms with van der Waals surface area (Å²) in [6.07, 6.45) is 5.33. The van der Waals surface area contributed by atoms with Crippen molar-refractivity contribution >= 4 is 39.0 Å². The van der Waals surface area contributed by atoms with Gasteiger partial charge in [-0.3, -0.25) is 9.69 Å². The van der Waals surface area contributed by atoms with Crippen LogP contribution in [0, 0.1) is 0 Å². The number of rotatable bonds is 6. The SMILES string of the molecule is O=C(NC1CCN(Cc2ccccc2)CC1)c1cnc(Nc2nccc3ccccc23)s1. The number of fused-ring (bicyclic) bond motifs is 1. The first-order chi connectivity index (χ1) is 15.7. The lowest BCUT2D eigenvalue weighted by atomic mass is 10.0. The van der Waals surface area contributed by atoms with E-state index in [9.17, 15) is 4.79 Å². The van der Waals surface area contributed by atoms with E-state index in [2.05, 4.69) is 49.8 Å². The first-order valence-electron chi connectivity index (χ1n) is 10.9. The molecule has 32 heavy (non-hydrogen) atoms. The van der Waals surface area contributed by atoms with Crippen molar-refractivity contribution in [1.82, 2.24) is 20.2 Å². The summed E-state index contributed by atoms with van der Waals surface area (Å²) >= 11 is 1.35. The zero-order valence-electron chi connectivity index (χ0n) is 17.7. The van der Waals surface area contributed by atoms with E-state index >= 15 is 0 Å². The zero-order chi connectivity index (χ0) is 21.8. The molecular formula is C25H25N5OS. The van der Waals surface area contributed by atoms with Crippen molar-refractivity contribution < 1.29 is 4.79 Å². The smallest absolute Gasteiger partial charge is 0.263 e. The number of amides is 1.